The minimum Gasteiger partial charge on any atom is -0.272 e. The molecule has 0 saturated heterocycles. The minimum atomic E-state index is -0.478. The third-order valence-corrected chi connectivity index (χ3v) is 4.21. The Labute approximate surface area is 159 Å². The molecule has 132 valence electrons. The third kappa shape index (κ3) is 3.68. The summed E-state index contributed by atoms with van der Waals surface area (Å²) in [6.45, 7) is 1.80. The quantitative estimate of drug-likeness (QED) is 0.384. The summed E-state index contributed by atoms with van der Waals surface area (Å²) < 4.78 is 1.57. The van der Waals surface area contributed by atoms with Crippen molar-refractivity contribution in [3.05, 3.63) is 80.1 Å². The normalized spacial score (nSPS) is 11.0. The fraction of sp³-hybridized carbons (Fsp3) is 0.0588. The molecule has 0 amide bonds. The molecule has 0 aliphatic heterocycles. The molecular formula is C17H13Cl2N5O2. The van der Waals surface area contributed by atoms with Gasteiger partial charge in [-0.25, -0.2) is 4.68 Å². The molecule has 0 radical (unpaired) electrons. The van der Waals surface area contributed by atoms with Gasteiger partial charge in [-0.2, -0.15) is 10.2 Å². The SMILES string of the molecule is Cc1nn(-c2ccc(Cl)cc2)c(Cl)c1C=NNc1ccccc1[N+](=O)[O-]. The molecule has 0 bridgehead atoms. The fourth-order valence-electron chi connectivity index (χ4n) is 2.30. The molecular weight excluding hydrogens is 377 g/mol. The van der Waals surface area contributed by atoms with Gasteiger partial charge in [0.2, 0.25) is 0 Å². The first kappa shape index (κ1) is 17.9. The molecule has 0 fully saturated rings. The van der Waals surface area contributed by atoms with Crippen molar-refractivity contribution in [1.29, 1.82) is 0 Å². The number of hydrogen-bond acceptors (Lipinski definition) is 5. The van der Waals surface area contributed by atoms with Crippen LogP contribution in [0.4, 0.5) is 11.4 Å². The zero-order valence-corrected chi connectivity index (χ0v) is 15.1. The molecule has 0 atom stereocenters. The summed E-state index contributed by atoms with van der Waals surface area (Å²) in [5, 5.41) is 20.5. The van der Waals surface area contributed by atoms with Crippen LogP contribution in [0, 0.1) is 17.0 Å². The smallest absolute Gasteiger partial charge is 0.272 e. The minimum absolute atomic E-state index is 0.0654. The lowest BCUT2D eigenvalue weighted by Gasteiger charge is -2.03. The van der Waals surface area contributed by atoms with E-state index in [9.17, 15) is 10.1 Å². The number of hydrazone groups is 1. The van der Waals surface area contributed by atoms with Crippen LogP contribution < -0.4 is 5.43 Å². The van der Waals surface area contributed by atoms with Crippen LogP contribution in [-0.2, 0) is 0 Å². The van der Waals surface area contributed by atoms with E-state index < -0.39 is 4.92 Å². The van der Waals surface area contributed by atoms with Crippen LogP contribution in [0.2, 0.25) is 10.2 Å². The first-order chi connectivity index (χ1) is 12.5. The standard InChI is InChI=1S/C17H13Cl2N5O2/c1-11-14(10-20-21-15-4-2-3-5-16(15)24(25)26)17(19)23(22-11)13-8-6-12(18)7-9-13/h2-10,21H,1H3. The molecule has 0 spiro atoms. The molecule has 1 heterocycles. The van der Waals surface area contributed by atoms with E-state index in [-0.39, 0.29) is 11.4 Å². The topological polar surface area (TPSA) is 85.3 Å². The molecule has 3 rings (SSSR count). The molecule has 1 aromatic heterocycles. The summed E-state index contributed by atoms with van der Waals surface area (Å²) >= 11 is 12.3. The Morgan fingerprint density at radius 2 is 1.88 bits per heavy atom. The number of rotatable bonds is 5. The number of aromatic nitrogens is 2. The van der Waals surface area contributed by atoms with E-state index in [4.69, 9.17) is 23.2 Å². The van der Waals surface area contributed by atoms with Gasteiger partial charge in [0.1, 0.15) is 10.8 Å². The second kappa shape index (κ2) is 7.55. The molecule has 0 aliphatic rings. The number of halogens is 2. The predicted molar refractivity (Wildman–Crippen MR) is 103 cm³/mol. The first-order valence-electron chi connectivity index (χ1n) is 7.51. The lowest BCUT2D eigenvalue weighted by molar-refractivity contribution is -0.384. The Balaban J connectivity index is 1.86. The number of nitrogens with one attached hydrogen (secondary N) is 1. The second-order valence-electron chi connectivity index (χ2n) is 5.32. The summed E-state index contributed by atoms with van der Waals surface area (Å²) in [5.74, 6) is 0. The van der Waals surface area contributed by atoms with Crippen molar-refractivity contribution >= 4 is 40.8 Å². The summed E-state index contributed by atoms with van der Waals surface area (Å²) in [6.07, 6.45) is 1.48. The second-order valence-corrected chi connectivity index (χ2v) is 6.12. The molecule has 26 heavy (non-hydrogen) atoms. The van der Waals surface area contributed by atoms with Crippen LogP contribution in [0.3, 0.4) is 0 Å². The van der Waals surface area contributed by atoms with Crippen molar-refractivity contribution in [3.8, 4) is 5.69 Å². The largest absolute Gasteiger partial charge is 0.294 e. The van der Waals surface area contributed by atoms with Gasteiger partial charge in [0.25, 0.3) is 5.69 Å². The highest BCUT2D eigenvalue weighted by Crippen LogP contribution is 2.25. The van der Waals surface area contributed by atoms with Gasteiger partial charge < -0.3 is 0 Å². The van der Waals surface area contributed by atoms with E-state index >= 15 is 0 Å². The highest BCUT2D eigenvalue weighted by Gasteiger charge is 2.14. The lowest BCUT2D eigenvalue weighted by Crippen LogP contribution is -1.97. The van der Waals surface area contributed by atoms with E-state index in [1.165, 1.54) is 12.3 Å². The van der Waals surface area contributed by atoms with Gasteiger partial charge in [0, 0.05) is 11.1 Å². The van der Waals surface area contributed by atoms with Crippen LogP contribution >= 0.6 is 23.2 Å². The summed E-state index contributed by atoms with van der Waals surface area (Å²) in [6, 6.07) is 13.3. The van der Waals surface area contributed by atoms with Crippen molar-refractivity contribution in [2.45, 2.75) is 6.92 Å². The maximum Gasteiger partial charge on any atom is 0.294 e. The van der Waals surface area contributed by atoms with Gasteiger partial charge in [0.05, 0.1) is 28.1 Å². The lowest BCUT2D eigenvalue weighted by atomic mass is 10.3. The summed E-state index contributed by atoms with van der Waals surface area (Å²) in [7, 11) is 0. The Bertz CT molecular complexity index is 983. The zero-order valence-electron chi connectivity index (χ0n) is 13.6. The molecule has 2 aromatic carbocycles. The summed E-state index contributed by atoms with van der Waals surface area (Å²) in [5.41, 5.74) is 4.92. The Kier molecular flexibility index (Phi) is 5.20. The monoisotopic (exact) mass is 389 g/mol. The van der Waals surface area contributed by atoms with Gasteiger partial charge in [0.15, 0.2) is 0 Å². The van der Waals surface area contributed by atoms with Crippen molar-refractivity contribution < 1.29 is 4.92 Å². The predicted octanol–water partition coefficient (Wildman–Crippen LogP) is 4.84. The average molecular weight is 390 g/mol. The summed E-state index contributed by atoms with van der Waals surface area (Å²) in [4.78, 5) is 10.5. The number of aryl methyl sites for hydroxylation is 1. The molecule has 9 heteroatoms. The van der Waals surface area contributed by atoms with Gasteiger partial charge in [-0.05, 0) is 37.3 Å². The van der Waals surface area contributed by atoms with Crippen molar-refractivity contribution in [3.63, 3.8) is 0 Å². The highest BCUT2D eigenvalue weighted by atomic mass is 35.5. The van der Waals surface area contributed by atoms with Crippen LogP contribution in [0.5, 0.6) is 0 Å². The average Bonchev–Trinajstić information content (AvgIpc) is 2.91. The van der Waals surface area contributed by atoms with Crippen LogP contribution in [0.25, 0.3) is 5.69 Å². The van der Waals surface area contributed by atoms with E-state index in [0.717, 1.165) is 5.69 Å². The van der Waals surface area contributed by atoms with Gasteiger partial charge in [-0.3, -0.25) is 15.5 Å². The van der Waals surface area contributed by atoms with Crippen molar-refractivity contribution in [1.82, 2.24) is 9.78 Å². The van der Waals surface area contributed by atoms with Crippen LogP contribution in [0.15, 0.2) is 53.6 Å². The van der Waals surface area contributed by atoms with Gasteiger partial charge in [-0.15, -0.1) is 0 Å². The Morgan fingerprint density at radius 3 is 2.58 bits per heavy atom. The van der Waals surface area contributed by atoms with E-state index in [1.54, 1.807) is 54.1 Å². The number of benzene rings is 2. The molecule has 0 unspecified atom stereocenters. The van der Waals surface area contributed by atoms with Crippen LogP contribution in [-0.4, -0.2) is 20.9 Å². The zero-order chi connectivity index (χ0) is 18.7. The maximum atomic E-state index is 11.0. The van der Waals surface area contributed by atoms with Gasteiger partial charge >= 0.3 is 0 Å². The number of para-hydroxylation sites is 2. The fourth-order valence-corrected chi connectivity index (χ4v) is 2.75. The number of nitro benzene ring substituents is 1. The van der Waals surface area contributed by atoms with E-state index in [1.807, 2.05) is 0 Å². The van der Waals surface area contributed by atoms with Crippen molar-refractivity contribution in [2.24, 2.45) is 5.10 Å². The maximum absolute atomic E-state index is 11.0. The number of nitro groups is 1. The number of anilines is 1. The Morgan fingerprint density at radius 1 is 1.19 bits per heavy atom. The molecule has 7 nitrogen and oxygen atoms in total. The number of hydrogen-bond donors (Lipinski definition) is 1. The highest BCUT2D eigenvalue weighted by molar-refractivity contribution is 6.32. The van der Waals surface area contributed by atoms with Gasteiger partial charge in [-0.1, -0.05) is 35.3 Å². The first-order valence-corrected chi connectivity index (χ1v) is 8.26. The van der Waals surface area contributed by atoms with Crippen molar-refractivity contribution in [2.75, 3.05) is 5.43 Å². The molecule has 0 aliphatic carbocycles. The Hall–Kier alpha value is -2.90. The van der Waals surface area contributed by atoms with Crippen LogP contribution in [0.1, 0.15) is 11.3 Å². The molecule has 0 saturated carbocycles. The van der Waals surface area contributed by atoms with E-state index in [0.29, 0.717) is 21.4 Å². The molecule has 1 N–H and O–H groups in total. The molecule has 3 aromatic rings. The third-order valence-electron chi connectivity index (χ3n) is 3.60. The van der Waals surface area contributed by atoms with E-state index in [2.05, 4.69) is 15.6 Å². The number of nitrogens with zero attached hydrogens (tertiary/aromatic N) is 4.